The van der Waals surface area contributed by atoms with Gasteiger partial charge in [-0.2, -0.15) is 0 Å². The Morgan fingerprint density at radius 2 is 1.41 bits per heavy atom. The van der Waals surface area contributed by atoms with Gasteiger partial charge in [0.1, 0.15) is 0 Å². The summed E-state index contributed by atoms with van der Waals surface area (Å²) in [6.07, 6.45) is 0. The molecule has 0 amide bonds. The molecule has 0 aromatic heterocycles. The molecule has 1 N–H and O–H groups in total. The van der Waals surface area contributed by atoms with Gasteiger partial charge in [0.2, 0.25) is 0 Å². The number of hydrogen-bond acceptors (Lipinski definition) is 8. The van der Waals surface area contributed by atoms with Crippen LogP contribution in [0.5, 0.6) is 0 Å². The van der Waals surface area contributed by atoms with Gasteiger partial charge in [0.15, 0.2) is 0 Å². The Hall–Kier alpha value is -4.70. The normalized spacial score (nSPS) is 11.6. The number of non-ortho nitro benzene ring substituents is 2. The molecule has 1 heterocycles. The summed E-state index contributed by atoms with van der Waals surface area (Å²) in [5.74, 6) is 0. The van der Waals surface area contributed by atoms with E-state index in [4.69, 9.17) is 4.98 Å². The molecule has 0 bridgehead atoms. The molecule has 9 nitrogen and oxygen atoms in total. The highest BCUT2D eigenvalue weighted by molar-refractivity contribution is 7.21. The van der Waals surface area contributed by atoms with Crippen LogP contribution in [0.15, 0.2) is 89.9 Å². The van der Waals surface area contributed by atoms with Gasteiger partial charge in [-0.15, -0.1) is 11.3 Å². The van der Waals surface area contributed by atoms with E-state index in [2.05, 4.69) is 10.3 Å². The summed E-state index contributed by atoms with van der Waals surface area (Å²) in [4.78, 5) is 31.0. The van der Waals surface area contributed by atoms with E-state index in [-0.39, 0.29) is 11.4 Å². The average Bonchev–Trinajstić information content (AvgIpc) is 2.83. The number of rotatable bonds is 5. The van der Waals surface area contributed by atoms with Crippen LogP contribution >= 0.6 is 11.3 Å². The molecule has 0 fully saturated rings. The lowest BCUT2D eigenvalue weighted by molar-refractivity contribution is -0.385. The summed E-state index contributed by atoms with van der Waals surface area (Å²) in [5, 5.41) is 25.6. The highest BCUT2D eigenvalue weighted by Gasteiger charge is 2.09. The second-order valence-corrected chi connectivity index (χ2v) is 8.45. The predicted molar refractivity (Wildman–Crippen MR) is 131 cm³/mol. The molecule has 2 aliphatic rings. The van der Waals surface area contributed by atoms with Crippen LogP contribution in [0.3, 0.4) is 0 Å². The van der Waals surface area contributed by atoms with Gasteiger partial charge in [0.25, 0.3) is 11.4 Å². The highest BCUT2D eigenvalue weighted by Crippen LogP contribution is 2.32. The van der Waals surface area contributed by atoms with Crippen molar-refractivity contribution in [3.63, 3.8) is 0 Å². The maximum Gasteiger partial charge on any atom is 0.269 e. The first-order valence-corrected chi connectivity index (χ1v) is 10.9. The number of benzene rings is 4. The Morgan fingerprint density at radius 3 is 2.09 bits per heavy atom. The quantitative estimate of drug-likeness (QED) is 0.186. The van der Waals surface area contributed by atoms with E-state index in [0.29, 0.717) is 5.69 Å². The molecule has 0 saturated carbocycles. The Labute approximate surface area is 196 Å². The second kappa shape index (κ2) is 8.68. The molecular formula is C24H15N5O4S. The van der Waals surface area contributed by atoms with E-state index in [1.165, 1.54) is 24.3 Å². The van der Waals surface area contributed by atoms with Gasteiger partial charge in [0.05, 0.1) is 41.7 Å². The van der Waals surface area contributed by atoms with Crippen molar-refractivity contribution in [3.8, 4) is 10.6 Å². The van der Waals surface area contributed by atoms with Gasteiger partial charge in [-0.3, -0.25) is 20.2 Å². The average molecular weight is 469 g/mol. The Balaban J connectivity index is 1.47. The first-order valence-electron chi connectivity index (χ1n) is 10.1. The van der Waals surface area contributed by atoms with Crippen LogP contribution in [0.2, 0.25) is 0 Å². The molecule has 10 heteroatoms. The second-order valence-electron chi connectivity index (χ2n) is 7.36. The molecular weight excluding hydrogens is 454 g/mol. The number of nitro benzene ring substituents is 2. The van der Waals surface area contributed by atoms with Gasteiger partial charge in [-0.05, 0) is 60.7 Å². The molecule has 3 aromatic rings. The van der Waals surface area contributed by atoms with Gasteiger partial charge < -0.3 is 5.32 Å². The van der Waals surface area contributed by atoms with Crippen LogP contribution < -0.4 is 10.7 Å². The third-order valence-corrected chi connectivity index (χ3v) is 6.14. The third-order valence-electron chi connectivity index (χ3n) is 5.05. The number of fused-ring (bicyclic) bond motifs is 2. The summed E-state index contributed by atoms with van der Waals surface area (Å²) in [6.45, 7) is 0. The van der Waals surface area contributed by atoms with Gasteiger partial charge in [-0.25, -0.2) is 9.98 Å². The van der Waals surface area contributed by atoms with Crippen LogP contribution in [-0.2, 0) is 0 Å². The monoisotopic (exact) mass is 469 g/mol. The van der Waals surface area contributed by atoms with Gasteiger partial charge >= 0.3 is 0 Å². The minimum Gasteiger partial charge on any atom is -0.355 e. The molecule has 0 atom stereocenters. The molecule has 0 spiro atoms. The summed E-state index contributed by atoms with van der Waals surface area (Å²) >= 11 is 1.57. The fourth-order valence-corrected chi connectivity index (χ4v) is 4.43. The summed E-state index contributed by atoms with van der Waals surface area (Å²) in [5.41, 5.74) is 3.96. The summed E-state index contributed by atoms with van der Waals surface area (Å²) in [7, 11) is 0. The molecule has 0 saturated heterocycles. The zero-order valence-corrected chi connectivity index (χ0v) is 18.2. The van der Waals surface area contributed by atoms with Crippen molar-refractivity contribution in [2.45, 2.75) is 0 Å². The zero-order chi connectivity index (χ0) is 23.7. The van der Waals surface area contributed by atoms with E-state index >= 15 is 0 Å². The van der Waals surface area contributed by atoms with Crippen molar-refractivity contribution in [2.75, 3.05) is 5.32 Å². The van der Waals surface area contributed by atoms with E-state index in [0.717, 1.165) is 37.5 Å². The van der Waals surface area contributed by atoms with Crippen LogP contribution in [0.4, 0.5) is 28.4 Å². The lowest BCUT2D eigenvalue weighted by Gasteiger charge is -2.09. The SMILES string of the molecule is O=[N+]([O-])c1ccc(N=c2ccc3nc4ccc(Nc5ccc([N+](=O)[O-])cc5)cc4sc-3c2)cc1. The largest absolute Gasteiger partial charge is 0.355 e. The van der Waals surface area contributed by atoms with Crippen LogP contribution in [-0.4, -0.2) is 14.8 Å². The van der Waals surface area contributed by atoms with E-state index in [9.17, 15) is 20.2 Å². The van der Waals surface area contributed by atoms with E-state index < -0.39 is 9.85 Å². The third kappa shape index (κ3) is 4.43. The van der Waals surface area contributed by atoms with E-state index in [1.807, 2.05) is 36.4 Å². The number of nitro groups is 2. The lowest BCUT2D eigenvalue weighted by atomic mass is 10.2. The number of hydrogen-bond donors (Lipinski definition) is 1. The molecule has 1 aliphatic heterocycles. The predicted octanol–water partition coefficient (Wildman–Crippen LogP) is 6.19. The molecule has 166 valence electrons. The number of nitrogens with zero attached hydrogens (tertiary/aromatic N) is 4. The van der Waals surface area contributed by atoms with Crippen molar-refractivity contribution in [3.05, 3.63) is 111 Å². The fourth-order valence-electron chi connectivity index (χ4n) is 3.39. The molecule has 34 heavy (non-hydrogen) atoms. The number of anilines is 2. The molecule has 0 unspecified atom stereocenters. The standard InChI is InChI=1S/C24H15N5O4S/c30-28(31)19-7-1-15(2-8-19)25-17-5-11-21-23(13-17)34-24-14-18(6-12-22(24)27-21)26-16-3-9-20(10-4-16)29(32)33/h1-14,25H. The smallest absolute Gasteiger partial charge is 0.269 e. The van der Waals surface area contributed by atoms with Gasteiger partial charge in [-0.1, -0.05) is 0 Å². The maximum absolute atomic E-state index is 10.8. The van der Waals surface area contributed by atoms with E-state index in [1.54, 1.807) is 35.6 Å². The minimum atomic E-state index is -0.441. The first kappa shape index (κ1) is 21.2. The molecule has 0 radical (unpaired) electrons. The van der Waals surface area contributed by atoms with Crippen LogP contribution in [0, 0.1) is 20.2 Å². The zero-order valence-electron chi connectivity index (χ0n) is 17.4. The van der Waals surface area contributed by atoms with Crippen molar-refractivity contribution in [2.24, 2.45) is 4.99 Å². The topological polar surface area (TPSA) is 124 Å². The lowest BCUT2D eigenvalue weighted by Crippen LogP contribution is -2.01. The van der Waals surface area contributed by atoms with Gasteiger partial charge in [0, 0.05) is 35.6 Å². The summed E-state index contributed by atoms with van der Waals surface area (Å²) in [6, 6.07) is 23.8. The first-order chi connectivity index (χ1) is 16.4. The number of nitrogens with one attached hydrogen (secondary N) is 1. The molecule has 3 aromatic carbocycles. The van der Waals surface area contributed by atoms with Crippen LogP contribution in [0.1, 0.15) is 0 Å². The highest BCUT2D eigenvalue weighted by atomic mass is 32.1. The Bertz CT molecular complexity index is 1580. The van der Waals surface area contributed by atoms with Crippen molar-refractivity contribution < 1.29 is 9.85 Å². The van der Waals surface area contributed by atoms with Crippen molar-refractivity contribution in [1.82, 2.24) is 4.98 Å². The van der Waals surface area contributed by atoms with Crippen LogP contribution in [0.25, 0.3) is 20.8 Å². The molecule has 5 rings (SSSR count). The Kier molecular flexibility index (Phi) is 5.40. The molecule has 1 aliphatic carbocycles. The number of aromatic nitrogens is 1. The summed E-state index contributed by atoms with van der Waals surface area (Å²) < 4.78 is 0.965. The maximum atomic E-state index is 10.8. The minimum absolute atomic E-state index is 0.0218. The fraction of sp³-hybridized carbons (Fsp3) is 0. The Morgan fingerprint density at radius 1 is 0.765 bits per heavy atom. The van der Waals surface area contributed by atoms with Crippen molar-refractivity contribution in [1.29, 1.82) is 0 Å². The van der Waals surface area contributed by atoms with Crippen molar-refractivity contribution >= 4 is 50.0 Å².